The van der Waals surface area contributed by atoms with Crippen LogP contribution >= 0.6 is 12.2 Å². The second-order valence-corrected chi connectivity index (χ2v) is 3.65. The van der Waals surface area contributed by atoms with Crippen LogP contribution in [0.4, 0.5) is 0 Å². The molecule has 0 bridgehead atoms. The summed E-state index contributed by atoms with van der Waals surface area (Å²) >= 11 is 4.99. The SMILES string of the molecule is COC(=O)[C@@H]1C[C@H](O)CN1C(=S)CN. The van der Waals surface area contributed by atoms with Crippen LogP contribution in [0, 0.1) is 0 Å². The summed E-state index contributed by atoms with van der Waals surface area (Å²) in [5, 5.41) is 9.41. The van der Waals surface area contributed by atoms with Crippen molar-refractivity contribution in [3.05, 3.63) is 0 Å². The van der Waals surface area contributed by atoms with Crippen LogP contribution < -0.4 is 5.73 Å². The zero-order valence-corrected chi connectivity index (χ0v) is 8.79. The molecule has 6 heteroatoms. The van der Waals surface area contributed by atoms with Gasteiger partial charge < -0.3 is 20.5 Å². The normalized spacial score (nSPS) is 26.4. The maximum atomic E-state index is 11.3. The minimum Gasteiger partial charge on any atom is -0.467 e. The topological polar surface area (TPSA) is 75.8 Å². The van der Waals surface area contributed by atoms with E-state index in [2.05, 4.69) is 4.74 Å². The van der Waals surface area contributed by atoms with E-state index in [0.29, 0.717) is 18.0 Å². The Kier molecular flexibility index (Phi) is 3.79. The number of hydrogen-bond donors (Lipinski definition) is 2. The molecule has 5 nitrogen and oxygen atoms in total. The first-order valence-corrected chi connectivity index (χ1v) is 4.76. The summed E-state index contributed by atoms with van der Waals surface area (Å²) in [4.78, 5) is 13.4. The van der Waals surface area contributed by atoms with Crippen molar-refractivity contribution in [1.29, 1.82) is 0 Å². The first kappa shape index (κ1) is 11.4. The van der Waals surface area contributed by atoms with Crippen LogP contribution in [0.2, 0.25) is 0 Å². The minimum atomic E-state index is -0.538. The number of thiocarbonyl (C=S) groups is 1. The Morgan fingerprint density at radius 1 is 1.79 bits per heavy atom. The molecule has 1 rings (SSSR count). The van der Waals surface area contributed by atoms with Gasteiger partial charge in [0.05, 0.1) is 18.2 Å². The zero-order valence-electron chi connectivity index (χ0n) is 7.97. The average molecular weight is 218 g/mol. The Balaban J connectivity index is 2.72. The fourth-order valence-corrected chi connectivity index (χ4v) is 1.77. The van der Waals surface area contributed by atoms with Crippen molar-refractivity contribution < 1.29 is 14.6 Å². The molecule has 14 heavy (non-hydrogen) atoms. The molecule has 80 valence electrons. The molecule has 1 aliphatic heterocycles. The van der Waals surface area contributed by atoms with Gasteiger partial charge in [-0.15, -0.1) is 0 Å². The summed E-state index contributed by atoms with van der Waals surface area (Å²) in [6.45, 7) is 0.561. The lowest BCUT2D eigenvalue weighted by Crippen LogP contribution is -2.43. The van der Waals surface area contributed by atoms with Gasteiger partial charge in [-0.2, -0.15) is 0 Å². The Morgan fingerprint density at radius 2 is 2.43 bits per heavy atom. The molecular formula is C8H14N2O3S. The molecule has 0 spiro atoms. The highest BCUT2D eigenvalue weighted by atomic mass is 32.1. The third-order valence-electron chi connectivity index (χ3n) is 2.25. The molecule has 0 saturated carbocycles. The van der Waals surface area contributed by atoms with Crippen LogP contribution in [-0.2, 0) is 9.53 Å². The molecule has 0 radical (unpaired) electrons. The van der Waals surface area contributed by atoms with E-state index in [9.17, 15) is 9.90 Å². The average Bonchev–Trinajstić information content (AvgIpc) is 2.58. The van der Waals surface area contributed by atoms with E-state index in [1.165, 1.54) is 7.11 Å². The van der Waals surface area contributed by atoms with Crippen molar-refractivity contribution in [2.24, 2.45) is 5.73 Å². The summed E-state index contributed by atoms with van der Waals surface area (Å²) in [5.74, 6) is -0.377. The summed E-state index contributed by atoms with van der Waals surface area (Å²) in [6.07, 6.45) is -0.184. The number of nitrogens with two attached hydrogens (primary N) is 1. The van der Waals surface area contributed by atoms with Gasteiger partial charge in [0, 0.05) is 19.5 Å². The number of carbonyl (C=O) groups is 1. The van der Waals surface area contributed by atoms with E-state index in [1.54, 1.807) is 4.90 Å². The molecule has 3 N–H and O–H groups in total. The number of nitrogens with zero attached hydrogens (tertiary/aromatic N) is 1. The van der Waals surface area contributed by atoms with Crippen molar-refractivity contribution in [3.8, 4) is 0 Å². The molecule has 0 aliphatic carbocycles. The highest BCUT2D eigenvalue weighted by molar-refractivity contribution is 7.80. The van der Waals surface area contributed by atoms with E-state index in [4.69, 9.17) is 18.0 Å². The number of rotatable bonds is 2. The highest BCUT2D eigenvalue weighted by Gasteiger charge is 2.37. The second kappa shape index (κ2) is 4.68. The van der Waals surface area contributed by atoms with Gasteiger partial charge in [-0.05, 0) is 0 Å². The minimum absolute atomic E-state index is 0.204. The molecule has 1 fully saturated rings. The Morgan fingerprint density at radius 3 is 2.93 bits per heavy atom. The Bertz CT molecular complexity index is 223. The van der Waals surface area contributed by atoms with Crippen molar-refractivity contribution in [2.45, 2.75) is 18.6 Å². The van der Waals surface area contributed by atoms with Crippen LogP contribution in [0.5, 0.6) is 0 Å². The van der Waals surface area contributed by atoms with Gasteiger partial charge in [-0.1, -0.05) is 12.2 Å². The third-order valence-corrected chi connectivity index (χ3v) is 2.65. The largest absolute Gasteiger partial charge is 0.467 e. The van der Waals surface area contributed by atoms with Gasteiger partial charge in [-0.3, -0.25) is 0 Å². The lowest BCUT2D eigenvalue weighted by atomic mass is 10.2. The van der Waals surface area contributed by atoms with E-state index < -0.39 is 12.1 Å². The van der Waals surface area contributed by atoms with Crippen LogP contribution in [0.15, 0.2) is 0 Å². The number of hydrogen-bond acceptors (Lipinski definition) is 5. The molecule has 1 aliphatic rings. The number of methoxy groups -OCH3 is 1. The lowest BCUT2D eigenvalue weighted by Gasteiger charge is -2.23. The molecule has 1 saturated heterocycles. The van der Waals surface area contributed by atoms with Gasteiger partial charge in [-0.25, -0.2) is 4.79 Å². The predicted molar refractivity (Wildman–Crippen MR) is 54.8 cm³/mol. The summed E-state index contributed by atoms with van der Waals surface area (Å²) in [7, 11) is 1.32. The zero-order chi connectivity index (χ0) is 10.7. The fraction of sp³-hybridized carbons (Fsp3) is 0.750. The molecule has 0 aromatic heterocycles. The monoisotopic (exact) mass is 218 g/mol. The van der Waals surface area contributed by atoms with Gasteiger partial charge in [0.25, 0.3) is 0 Å². The van der Waals surface area contributed by atoms with Crippen molar-refractivity contribution in [2.75, 3.05) is 20.2 Å². The number of aliphatic hydroxyl groups excluding tert-OH is 1. The summed E-state index contributed by atoms with van der Waals surface area (Å²) in [5.41, 5.74) is 5.38. The van der Waals surface area contributed by atoms with E-state index >= 15 is 0 Å². The van der Waals surface area contributed by atoms with Crippen molar-refractivity contribution in [1.82, 2.24) is 4.90 Å². The molecule has 1 heterocycles. The lowest BCUT2D eigenvalue weighted by molar-refractivity contribution is -0.144. The molecule has 0 aromatic carbocycles. The summed E-state index contributed by atoms with van der Waals surface area (Å²) in [6, 6.07) is -0.481. The van der Waals surface area contributed by atoms with Gasteiger partial charge in [0.2, 0.25) is 0 Å². The highest BCUT2D eigenvalue weighted by Crippen LogP contribution is 2.19. The quantitative estimate of drug-likeness (QED) is 0.452. The maximum Gasteiger partial charge on any atom is 0.328 e. The first-order valence-electron chi connectivity index (χ1n) is 4.35. The van der Waals surface area contributed by atoms with Crippen LogP contribution in [0.3, 0.4) is 0 Å². The van der Waals surface area contributed by atoms with E-state index in [-0.39, 0.29) is 12.5 Å². The van der Waals surface area contributed by atoms with Crippen molar-refractivity contribution in [3.63, 3.8) is 0 Å². The fourth-order valence-electron chi connectivity index (χ4n) is 1.57. The number of carbonyl (C=O) groups excluding carboxylic acids is 1. The standard InChI is InChI=1S/C8H14N2O3S/c1-13-8(12)6-2-5(11)4-10(6)7(14)3-9/h5-6,11H,2-4,9H2,1H3/t5-,6-/m0/s1. The maximum absolute atomic E-state index is 11.3. The summed E-state index contributed by atoms with van der Waals surface area (Å²) < 4.78 is 4.62. The molecule has 0 amide bonds. The number of likely N-dealkylation sites (tertiary alicyclic amines) is 1. The first-order chi connectivity index (χ1) is 6.60. The second-order valence-electron chi connectivity index (χ2n) is 3.18. The smallest absolute Gasteiger partial charge is 0.328 e. The number of ether oxygens (including phenoxy) is 1. The molecule has 0 aromatic rings. The van der Waals surface area contributed by atoms with Crippen LogP contribution in [0.1, 0.15) is 6.42 Å². The van der Waals surface area contributed by atoms with E-state index in [0.717, 1.165) is 0 Å². The van der Waals surface area contributed by atoms with E-state index in [1.807, 2.05) is 0 Å². The van der Waals surface area contributed by atoms with Crippen molar-refractivity contribution >= 4 is 23.2 Å². The predicted octanol–water partition coefficient (Wildman–Crippen LogP) is -1.12. The molecule has 0 unspecified atom stereocenters. The van der Waals surface area contributed by atoms with Crippen LogP contribution in [-0.4, -0.2) is 53.3 Å². The van der Waals surface area contributed by atoms with Gasteiger partial charge in [0.1, 0.15) is 6.04 Å². The number of esters is 1. The number of β-amino-alcohol motifs (C(OH)–C–C–N with tert-alkyl or cyclic N) is 1. The van der Waals surface area contributed by atoms with Crippen LogP contribution in [0.25, 0.3) is 0 Å². The Labute approximate surface area is 87.8 Å². The van der Waals surface area contributed by atoms with Gasteiger partial charge in [0.15, 0.2) is 0 Å². The third kappa shape index (κ3) is 2.20. The van der Waals surface area contributed by atoms with Gasteiger partial charge >= 0.3 is 5.97 Å². The molecule has 2 atom stereocenters. The Hall–Kier alpha value is -0.720. The number of aliphatic hydroxyl groups is 1. The molecular weight excluding hydrogens is 204 g/mol.